The largest absolute Gasteiger partial charge is 0.358 e. The van der Waals surface area contributed by atoms with Crippen LogP contribution in [0.5, 0.6) is 0 Å². The number of likely N-dealkylation sites (N-methyl/N-ethyl adjacent to an activating group) is 1. The number of rotatable bonds is 4. The van der Waals surface area contributed by atoms with Crippen molar-refractivity contribution >= 4 is 11.7 Å². The van der Waals surface area contributed by atoms with Crippen molar-refractivity contribution in [3.63, 3.8) is 0 Å². The number of amides is 1. The molecule has 0 spiro atoms. The first kappa shape index (κ1) is 15.5. The number of hydrogen-bond acceptors (Lipinski definition) is 3. The van der Waals surface area contributed by atoms with Gasteiger partial charge in [-0.2, -0.15) is 0 Å². The van der Waals surface area contributed by atoms with Crippen LogP contribution in [0.2, 0.25) is 0 Å². The number of nitrogens with one attached hydrogen (secondary N) is 1. The molecule has 1 aromatic heterocycles. The summed E-state index contributed by atoms with van der Waals surface area (Å²) in [6.45, 7) is 0.856. The molecular formula is C18H21N3O2. The number of Topliss-reactive ketones (excluding diaryl/α,β-unsaturated/α-hetero) is 1. The van der Waals surface area contributed by atoms with E-state index in [4.69, 9.17) is 0 Å². The molecule has 1 aliphatic heterocycles. The molecule has 2 heterocycles. The summed E-state index contributed by atoms with van der Waals surface area (Å²) < 4.78 is 1.81. The summed E-state index contributed by atoms with van der Waals surface area (Å²) in [6.07, 6.45) is 2.49. The molecule has 120 valence electrons. The van der Waals surface area contributed by atoms with E-state index in [-0.39, 0.29) is 24.3 Å². The van der Waals surface area contributed by atoms with Gasteiger partial charge >= 0.3 is 0 Å². The Morgan fingerprint density at radius 3 is 2.57 bits per heavy atom. The first-order chi connectivity index (χ1) is 11.1. The number of fused-ring (bicyclic) bond motifs is 1. The highest BCUT2D eigenvalue weighted by molar-refractivity contribution is 5.96. The molecule has 0 aliphatic carbocycles. The van der Waals surface area contributed by atoms with E-state index in [2.05, 4.69) is 17.4 Å². The quantitative estimate of drug-likeness (QED) is 0.868. The van der Waals surface area contributed by atoms with E-state index in [9.17, 15) is 9.59 Å². The third-order valence-corrected chi connectivity index (χ3v) is 4.47. The zero-order valence-corrected chi connectivity index (χ0v) is 13.5. The highest BCUT2D eigenvalue weighted by Crippen LogP contribution is 2.23. The second-order valence-corrected chi connectivity index (χ2v) is 5.94. The Hall–Kier alpha value is -2.40. The summed E-state index contributed by atoms with van der Waals surface area (Å²) in [7, 11) is 3.50. The number of hydrogen-bond donors (Lipinski definition) is 1. The van der Waals surface area contributed by atoms with Gasteiger partial charge < -0.3 is 9.88 Å². The summed E-state index contributed by atoms with van der Waals surface area (Å²) in [5, 5.41) is 2.72. The molecule has 23 heavy (non-hydrogen) atoms. The number of aromatic nitrogens is 1. The third-order valence-electron chi connectivity index (χ3n) is 4.47. The SMILES string of the molecule is CNC(=O)C1Cc2ccccc2CN1CC(=O)c1cccn1C. The number of carbonyl (C=O) groups excluding carboxylic acids is 2. The van der Waals surface area contributed by atoms with Crippen molar-refractivity contribution in [2.24, 2.45) is 7.05 Å². The molecule has 5 nitrogen and oxygen atoms in total. The first-order valence-corrected chi connectivity index (χ1v) is 7.77. The van der Waals surface area contributed by atoms with Crippen molar-refractivity contribution in [2.45, 2.75) is 19.0 Å². The maximum absolute atomic E-state index is 12.6. The molecule has 1 aromatic carbocycles. The minimum atomic E-state index is -0.306. The molecule has 1 amide bonds. The predicted octanol–water partition coefficient (Wildman–Crippen LogP) is 1.38. The minimum Gasteiger partial charge on any atom is -0.358 e. The first-order valence-electron chi connectivity index (χ1n) is 7.77. The predicted molar refractivity (Wildman–Crippen MR) is 88.2 cm³/mol. The number of aryl methyl sites for hydroxylation is 1. The van der Waals surface area contributed by atoms with E-state index in [0.717, 1.165) is 0 Å². The van der Waals surface area contributed by atoms with Gasteiger partial charge in [0.25, 0.3) is 0 Å². The maximum Gasteiger partial charge on any atom is 0.237 e. The Balaban J connectivity index is 1.85. The van der Waals surface area contributed by atoms with Crippen molar-refractivity contribution in [1.82, 2.24) is 14.8 Å². The fourth-order valence-electron chi connectivity index (χ4n) is 3.18. The summed E-state index contributed by atoms with van der Waals surface area (Å²) in [4.78, 5) is 26.8. The van der Waals surface area contributed by atoms with E-state index in [1.807, 2.05) is 47.0 Å². The standard InChI is InChI=1S/C18H21N3O2/c1-19-18(23)16-10-13-6-3-4-7-14(13)11-21(16)12-17(22)15-8-5-9-20(15)2/h3-9,16H,10-12H2,1-2H3,(H,19,23). The van der Waals surface area contributed by atoms with Crippen molar-refractivity contribution in [2.75, 3.05) is 13.6 Å². The Bertz CT molecular complexity index is 735. The van der Waals surface area contributed by atoms with E-state index in [0.29, 0.717) is 18.7 Å². The van der Waals surface area contributed by atoms with Gasteiger partial charge in [-0.05, 0) is 29.7 Å². The summed E-state index contributed by atoms with van der Waals surface area (Å²) in [6, 6.07) is 11.5. The molecule has 0 fully saturated rings. The van der Waals surface area contributed by atoms with Crippen LogP contribution in [0.1, 0.15) is 21.6 Å². The topological polar surface area (TPSA) is 54.3 Å². The zero-order valence-electron chi connectivity index (χ0n) is 13.5. The van der Waals surface area contributed by atoms with Crippen molar-refractivity contribution < 1.29 is 9.59 Å². The van der Waals surface area contributed by atoms with Crippen LogP contribution in [0.25, 0.3) is 0 Å². The number of nitrogens with zero attached hydrogens (tertiary/aromatic N) is 2. The van der Waals surface area contributed by atoms with Gasteiger partial charge in [-0.1, -0.05) is 24.3 Å². The van der Waals surface area contributed by atoms with Crippen molar-refractivity contribution in [3.05, 3.63) is 59.4 Å². The lowest BCUT2D eigenvalue weighted by atomic mass is 9.93. The lowest BCUT2D eigenvalue weighted by Gasteiger charge is -2.35. The second-order valence-electron chi connectivity index (χ2n) is 5.94. The smallest absolute Gasteiger partial charge is 0.237 e. The average molecular weight is 311 g/mol. The van der Waals surface area contributed by atoms with Gasteiger partial charge in [0.1, 0.15) is 0 Å². The van der Waals surface area contributed by atoms with E-state index in [1.165, 1.54) is 11.1 Å². The molecule has 1 N–H and O–H groups in total. The molecule has 3 rings (SSSR count). The maximum atomic E-state index is 12.6. The fourth-order valence-corrected chi connectivity index (χ4v) is 3.18. The molecule has 2 aromatic rings. The molecule has 1 unspecified atom stereocenters. The Kier molecular flexibility index (Phi) is 4.30. The normalized spacial score (nSPS) is 17.6. The highest BCUT2D eigenvalue weighted by atomic mass is 16.2. The summed E-state index contributed by atoms with van der Waals surface area (Å²) in [5.74, 6) is -0.00929. The minimum absolute atomic E-state index is 0.0331. The fraction of sp³-hybridized carbons (Fsp3) is 0.333. The molecule has 0 bridgehead atoms. The molecule has 1 aliphatic rings. The van der Waals surface area contributed by atoms with Gasteiger partial charge in [-0.3, -0.25) is 14.5 Å². The van der Waals surface area contributed by atoms with Crippen LogP contribution in [0.3, 0.4) is 0 Å². The Labute approximate surface area is 135 Å². The van der Waals surface area contributed by atoms with Gasteiger partial charge in [-0.15, -0.1) is 0 Å². The molecule has 0 saturated carbocycles. The van der Waals surface area contributed by atoms with Crippen LogP contribution in [-0.2, 0) is 24.8 Å². The second kappa shape index (κ2) is 6.38. The Morgan fingerprint density at radius 1 is 1.17 bits per heavy atom. The average Bonchev–Trinajstić information content (AvgIpc) is 2.99. The molecule has 5 heteroatoms. The van der Waals surface area contributed by atoms with Crippen molar-refractivity contribution in [1.29, 1.82) is 0 Å². The molecule has 0 saturated heterocycles. The van der Waals surface area contributed by atoms with Gasteiger partial charge in [0.05, 0.1) is 18.3 Å². The van der Waals surface area contributed by atoms with Crippen LogP contribution >= 0.6 is 0 Å². The summed E-state index contributed by atoms with van der Waals surface area (Å²) in [5.41, 5.74) is 3.04. The van der Waals surface area contributed by atoms with E-state index < -0.39 is 0 Å². The lowest BCUT2D eigenvalue weighted by molar-refractivity contribution is -0.126. The van der Waals surface area contributed by atoms with Gasteiger partial charge in [0.2, 0.25) is 5.91 Å². The van der Waals surface area contributed by atoms with Crippen LogP contribution in [0.15, 0.2) is 42.6 Å². The number of benzene rings is 1. The number of carbonyl (C=O) groups is 2. The Morgan fingerprint density at radius 2 is 1.91 bits per heavy atom. The highest BCUT2D eigenvalue weighted by Gasteiger charge is 2.32. The van der Waals surface area contributed by atoms with Crippen LogP contribution in [0.4, 0.5) is 0 Å². The van der Waals surface area contributed by atoms with Gasteiger partial charge in [-0.25, -0.2) is 0 Å². The third kappa shape index (κ3) is 3.05. The number of ketones is 1. The summed E-state index contributed by atoms with van der Waals surface area (Å²) >= 11 is 0. The molecule has 0 radical (unpaired) electrons. The van der Waals surface area contributed by atoms with E-state index in [1.54, 1.807) is 7.05 Å². The molecule has 1 atom stereocenters. The van der Waals surface area contributed by atoms with Gasteiger partial charge in [0, 0.05) is 26.8 Å². The molecular weight excluding hydrogens is 290 g/mol. The monoisotopic (exact) mass is 311 g/mol. The van der Waals surface area contributed by atoms with Crippen LogP contribution in [0, 0.1) is 0 Å². The lowest BCUT2D eigenvalue weighted by Crippen LogP contribution is -2.51. The van der Waals surface area contributed by atoms with E-state index >= 15 is 0 Å². The zero-order chi connectivity index (χ0) is 16.4. The van der Waals surface area contributed by atoms with Gasteiger partial charge in [0.15, 0.2) is 5.78 Å². The van der Waals surface area contributed by atoms with Crippen LogP contribution < -0.4 is 5.32 Å². The van der Waals surface area contributed by atoms with Crippen LogP contribution in [-0.4, -0.2) is 40.8 Å². The van der Waals surface area contributed by atoms with Crippen molar-refractivity contribution in [3.8, 4) is 0 Å².